The number of nitrogens with one attached hydrogen (secondary N) is 1. The van der Waals surface area contributed by atoms with Gasteiger partial charge in [0.2, 0.25) is 5.91 Å². The number of carbonyl (C=O) groups excluding carboxylic acids is 1. The largest absolute Gasteiger partial charge is 0.356 e. The zero-order valence-electron chi connectivity index (χ0n) is 15.3. The van der Waals surface area contributed by atoms with Crippen molar-refractivity contribution in [3.63, 3.8) is 0 Å². The van der Waals surface area contributed by atoms with Gasteiger partial charge in [0.25, 0.3) is 0 Å². The number of allylic oxidation sites excluding steroid dienone is 1. The summed E-state index contributed by atoms with van der Waals surface area (Å²) in [5, 5.41) is 4.34. The second-order valence-corrected chi connectivity index (χ2v) is 8.26. The molecule has 142 valence electrons. The number of piperidine rings is 1. The first-order valence-corrected chi connectivity index (χ1v) is 10.5. The Morgan fingerprint density at radius 2 is 1.96 bits per heavy atom. The molecule has 3 rings (SSSR count). The minimum atomic E-state index is 0.153. The molecule has 1 fully saturated rings. The lowest BCUT2D eigenvalue weighted by molar-refractivity contribution is -0.126. The van der Waals surface area contributed by atoms with Gasteiger partial charge in [-0.15, -0.1) is 0 Å². The molecule has 1 saturated heterocycles. The molecule has 1 aromatic carbocycles. The van der Waals surface area contributed by atoms with Gasteiger partial charge in [0.1, 0.15) is 0 Å². The van der Waals surface area contributed by atoms with Gasteiger partial charge >= 0.3 is 0 Å². The summed E-state index contributed by atoms with van der Waals surface area (Å²) in [5.74, 6) is 0.385. The van der Waals surface area contributed by atoms with Gasteiger partial charge in [0, 0.05) is 19.0 Å². The molecule has 1 N–H and O–H groups in total. The normalized spacial score (nSPS) is 19.2. The van der Waals surface area contributed by atoms with E-state index in [4.69, 9.17) is 23.2 Å². The Hall–Kier alpha value is -1.03. The predicted molar refractivity (Wildman–Crippen MR) is 109 cm³/mol. The van der Waals surface area contributed by atoms with Crippen molar-refractivity contribution in [1.29, 1.82) is 0 Å². The molecule has 26 heavy (non-hydrogen) atoms. The number of amides is 1. The van der Waals surface area contributed by atoms with Crippen molar-refractivity contribution in [2.24, 2.45) is 5.92 Å². The maximum absolute atomic E-state index is 12.4. The van der Waals surface area contributed by atoms with Gasteiger partial charge in [-0.05, 0) is 75.7 Å². The lowest BCUT2D eigenvalue weighted by Crippen LogP contribution is -2.40. The molecule has 1 aliphatic carbocycles. The van der Waals surface area contributed by atoms with Crippen LogP contribution in [0.1, 0.15) is 50.5 Å². The first kappa shape index (κ1) is 19.7. The van der Waals surface area contributed by atoms with E-state index in [1.165, 1.54) is 36.8 Å². The number of halogens is 2. The molecule has 1 aliphatic heterocycles. The molecule has 1 aromatic rings. The molecule has 0 spiro atoms. The second-order valence-electron chi connectivity index (χ2n) is 7.45. The Kier molecular flexibility index (Phi) is 7.42. The maximum Gasteiger partial charge on any atom is 0.223 e. The van der Waals surface area contributed by atoms with Crippen LogP contribution in [0.15, 0.2) is 29.8 Å². The Labute approximate surface area is 166 Å². The number of benzene rings is 1. The third-order valence-corrected chi connectivity index (χ3v) is 6.22. The molecule has 5 heteroatoms. The molecular formula is C21H28Cl2N2O. The SMILES string of the molecule is O=C(NCCC1=CCCCC1)C1CCN(Cc2ccc(Cl)c(Cl)c2)CC1. The van der Waals surface area contributed by atoms with Gasteiger partial charge in [-0.1, -0.05) is 40.9 Å². The van der Waals surface area contributed by atoms with Crippen LogP contribution < -0.4 is 5.32 Å². The van der Waals surface area contributed by atoms with Crippen molar-refractivity contribution in [3.05, 3.63) is 45.5 Å². The molecule has 0 saturated carbocycles. The fourth-order valence-corrected chi connectivity index (χ4v) is 4.19. The highest BCUT2D eigenvalue weighted by Crippen LogP contribution is 2.25. The van der Waals surface area contributed by atoms with Crippen LogP contribution in [0.2, 0.25) is 10.0 Å². The van der Waals surface area contributed by atoms with E-state index in [1.54, 1.807) is 0 Å². The van der Waals surface area contributed by atoms with E-state index in [-0.39, 0.29) is 11.8 Å². The topological polar surface area (TPSA) is 32.3 Å². The summed E-state index contributed by atoms with van der Waals surface area (Å²) in [6, 6.07) is 5.80. The second kappa shape index (κ2) is 9.77. The zero-order chi connectivity index (χ0) is 18.4. The van der Waals surface area contributed by atoms with Crippen molar-refractivity contribution in [2.75, 3.05) is 19.6 Å². The van der Waals surface area contributed by atoms with Crippen LogP contribution >= 0.6 is 23.2 Å². The van der Waals surface area contributed by atoms with Crippen LogP contribution in [0.4, 0.5) is 0 Å². The predicted octanol–water partition coefficient (Wildman–Crippen LogP) is 5.21. The molecule has 0 aromatic heterocycles. The molecule has 3 nitrogen and oxygen atoms in total. The van der Waals surface area contributed by atoms with E-state index in [0.717, 1.165) is 45.4 Å². The van der Waals surface area contributed by atoms with Crippen LogP contribution in [-0.2, 0) is 11.3 Å². The Bertz CT molecular complexity index is 651. The van der Waals surface area contributed by atoms with Gasteiger partial charge in [0.05, 0.1) is 10.0 Å². The van der Waals surface area contributed by atoms with E-state index in [2.05, 4.69) is 16.3 Å². The van der Waals surface area contributed by atoms with E-state index < -0.39 is 0 Å². The summed E-state index contributed by atoms with van der Waals surface area (Å²) in [6.45, 7) is 3.54. The van der Waals surface area contributed by atoms with Crippen molar-refractivity contribution >= 4 is 29.1 Å². The lowest BCUT2D eigenvalue weighted by atomic mass is 9.95. The monoisotopic (exact) mass is 394 g/mol. The summed E-state index contributed by atoms with van der Waals surface area (Å²) in [4.78, 5) is 14.8. The Balaban J connectivity index is 1.37. The Morgan fingerprint density at radius 3 is 2.65 bits per heavy atom. The molecule has 1 heterocycles. The van der Waals surface area contributed by atoms with Crippen LogP contribution in [0, 0.1) is 5.92 Å². The van der Waals surface area contributed by atoms with Crippen LogP contribution in [-0.4, -0.2) is 30.4 Å². The van der Waals surface area contributed by atoms with Gasteiger partial charge in [0.15, 0.2) is 0 Å². The van der Waals surface area contributed by atoms with Gasteiger partial charge < -0.3 is 5.32 Å². The Morgan fingerprint density at radius 1 is 1.15 bits per heavy atom. The lowest BCUT2D eigenvalue weighted by Gasteiger charge is -2.31. The third-order valence-electron chi connectivity index (χ3n) is 5.48. The molecule has 0 atom stereocenters. The van der Waals surface area contributed by atoms with Crippen molar-refractivity contribution < 1.29 is 4.79 Å². The molecule has 2 aliphatic rings. The van der Waals surface area contributed by atoms with Gasteiger partial charge in [-0.25, -0.2) is 0 Å². The molecule has 0 bridgehead atoms. The number of rotatable bonds is 6. The fourth-order valence-electron chi connectivity index (χ4n) is 3.87. The van der Waals surface area contributed by atoms with Crippen molar-refractivity contribution in [3.8, 4) is 0 Å². The summed E-state index contributed by atoms with van der Waals surface area (Å²) in [5.41, 5.74) is 2.69. The highest BCUT2D eigenvalue weighted by Gasteiger charge is 2.24. The highest BCUT2D eigenvalue weighted by molar-refractivity contribution is 6.42. The fraction of sp³-hybridized carbons (Fsp3) is 0.571. The number of carbonyl (C=O) groups is 1. The van der Waals surface area contributed by atoms with Crippen LogP contribution in [0.25, 0.3) is 0 Å². The quantitative estimate of drug-likeness (QED) is 0.671. The van der Waals surface area contributed by atoms with E-state index in [9.17, 15) is 4.79 Å². The summed E-state index contributed by atoms with van der Waals surface area (Å²) in [6.07, 6.45) is 10.3. The molecular weight excluding hydrogens is 367 g/mol. The zero-order valence-corrected chi connectivity index (χ0v) is 16.8. The average molecular weight is 395 g/mol. The molecule has 0 radical (unpaired) electrons. The van der Waals surface area contributed by atoms with Gasteiger partial charge in [-0.3, -0.25) is 9.69 Å². The summed E-state index contributed by atoms with van der Waals surface area (Å²) in [7, 11) is 0. The first-order valence-electron chi connectivity index (χ1n) is 9.74. The number of nitrogens with zero attached hydrogens (tertiary/aromatic N) is 1. The van der Waals surface area contributed by atoms with E-state index >= 15 is 0 Å². The first-order chi connectivity index (χ1) is 12.6. The standard InChI is InChI=1S/C21H28Cl2N2O/c22-19-7-6-17(14-20(19)23)15-25-12-9-18(10-13-25)21(26)24-11-8-16-4-2-1-3-5-16/h4,6-7,14,18H,1-3,5,8-13,15H2,(H,24,26). The summed E-state index contributed by atoms with van der Waals surface area (Å²) >= 11 is 12.1. The average Bonchev–Trinajstić information content (AvgIpc) is 2.66. The van der Waals surface area contributed by atoms with Crippen molar-refractivity contribution in [2.45, 2.75) is 51.5 Å². The van der Waals surface area contributed by atoms with Crippen LogP contribution in [0.5, 0.6) is 0 Å². The van der Waals surface area contributed by atoms with E-state index in [0.29, 0.717) is 10.0 Å². The minimum absolute atomic E-state index is 0.153. The molecule has 0 unspecified atom stereocenters. The van der Waals surface area contributed by atoms with Crippen molar-refractivity contribution in [1.82, 2.24) is 10.2 Å². The smallest absolute Gasteiger partial charge is 0.223 e. The van der Waals surface area contributed by atoms with Gasteiger partial charge in [-0.2, -0.15) is 0 Å². The summed E-state index contributed by atoms with van der Waals surface area (Å²) < 4.78 is 0. The number of hydrogen-bond acceptors (Lipinski definition) is 2. The minimum Gasteiger partial charge on any atom is -0.356 e. The number of hydrogen-bond donors (Lipinski definition) is 1. The van der Waals surface area contributed by atoms with E-state index in [1.807, 2.05) is 18.2 Å². The van der Waals surface area contributed by atoms with Crippen LogP contribution in [0.3, 0.4) is 0 Å². The highest BCUT2D eigenvalue weighted by atomic mass is 35.5. The third kappa shape index (κ3) is 5.73. The number of likely N-dealkylation sites (tertiary alicyclic amines) is 1. The maximum atomic E-state index is 12.4. The molecule has 1 amide bonds.